The largest absolute Gasteiger partial charge is 0.460 e. The van der Waals surface area contributed by atoms with Crippen molar-refractivity contribution in [2.45, 2.75) is 39.5 Å². The quantitative estimate of drug-likeness (QED) is 0.294. The minimum absolute atomic E-state index is 0.263. The summed E-state index contributed by atoms with van der Waals surface area (Å²) in [5.41, 5.74) is 0. The number of esters is 1. The van der Waals surface area contributed by atoms with Gasteiger partial charge in [0.05, 0.1) is 19.8 Å². The van der Waals surface area contributed by atoms with Crippen LogP contribution in [-0.4, -0.2) is 39.0 Å². The number of ether oxygens (including phenoxy) is 3. The van der Waals surface area contributed by atoms with Gasteiger partial charge in [0.2, 0.25) is 0 Å². The second kappa shape index (κ2) is 13.6. The molecule has 0 aliphatic rings. The zero-order chi connectivity index (χ0) is 14.3. The molecule has 19 heavy (non-hydrogen) atoms. The van der Waals surface area contributed by atoms with Crippen molar-refractivity contribution in [3.63, 3.8) is 0 Å². The van der Waals surface area contributed by atoms with Crippen LogP contribution in [0.15, 0.2) is 12.7 Å². The van der Waals surface area contributed by atoms with Crippen LogP contribution < -0.4 is 0 Å². The molecule has 0 unspecified atom stereocenters. The fraction of sp³-hybridized carbons (Fsp3) is 0.800. The minimum atomic E-state index is -0.415. The van der Waals surface area contributed by atoms with E-state index in [2.05, 4.69) is 20.4 Å². The molecule has 0 saturated carbocycles. The monoisotopic (exact) mass is 272 g/mol. The summed E-state index contributed by atoms with van der Waals surface area (Å²) in [4.78, 5) is 10.7. The minimum Gasteiger partial charge on any atom is -0.460 e. The number of hydrogen-bond donors (Lipinski definition) is 0. The van der Waals surface area contributed by atoms with Crippen LogP contribution in [0.4, 0.5) is 0 Å². The fourth-order valence-corrected chi connectivity index (χ4v) is 1.63. The Labute approximate surface area is 117 Å². The lowest BCUT2D eigenvalue weighted by Crippen LogP contribution is -2.14. The Hall–Kier alpha value is -0.870. The van der Waals surface area contributed by atoms with E-state index in [1.165, 1.54) is 25.7 Å². The molecule has 0 spiro atoms. The van der Waals surface area contributed by atoms with E-state index in [4.69, 9.17) is 14.2 Å². The standard InChI is InChI=1S/C15H28O4/c1-4-7-8-14(5-2)13-18-10-9-17-11-12-19-15(16)6-3/h6,14H,3-5,7-13H2,1-2H3/t14-/m0/s1. The Balaban J connectivity index is 3.29. The van der Waals surface area contributed by atoms with Crippen molar-refractivity contribution >= 4 is 5.97 Å². The molecular formula is C15H28O4. The van der Waals surface area contributed by atoms with Gasteiger partial charge in [-0.3, -0.25) is 0 Å². The molecule has 0 N–H and O–H groups in total. The maximum absolute atomic E-state index is 10.7. The SMILES string of the molecule is C=CC(=O)OCCOCCOC[C@@H](CC)CCCC. The molecule has 4 heteroatoms. The highest BCUT2D eigenvalue weighted by Gasteiger charge is 2.05. The van der Waals surface area contributed by atoms with Crippen LogP contribution in [0.5, 0.6) is 0 Å². The van der Waals surface area contributed by atoms with E-state index in [1.807, 2.05) is 0 Å². The lowest BCUT2D eigenvalue weighted by Gasteiger charge is -2.14. The molecular weight excluding hydrogens is 244 g/mol. The number of unbranched alkanes of at least 4 members (excludes halogenated alkanes) is 1. The summed E-state index contributed by atoms with van der Waals surface area (Å²) in [6.45, 7) is 10.3. The molecule has 4 nitrogen and oxygen atoms in total. The topological polar surface area (TPSA) is 44.8 Å². The summed E-state index contributed by atoms with van der Waals surface area (Å²) < 4.78 is 15.6. The van der Waals surface area contributed by atoms with E-state index in [1.54, 1.807) is 0 Å². The van der Waals surface area contributed by atoms with Gasteiger partial charge in [-0.05, 0) is 12.3 Å². The Kier molecular flexibility index (Phi) is 12.9. The molecule has 0 aliphatic heterocycles. The molecule has 0 aromatic rings. The van der Waals surface area contributed by atoms with Crippen LogP contribution >= 0.6 is 0 Å². The van der Waals surface area contributed by atoms with Crippen LogP contribution in [0.25, 0.3) is 0 Å². The highest BCUT2D eigenvalue weighted by atomic mass is 16.6. The summed E-state index contributed by atoms with van der Waals surface area (Å²) in [6, 6.07) is 0. The molecule has 0 aromatic carbocycles. The number of carbonyl (C=O) groups is 1. The van der Waals surface area contributed by atoms with Crippen molar-refractivity contribution in [2.75, 3.05) is 33.0 Å². The Morgan fingerprint density at radius 1 is 1.16 bits per heavy atom. The molecule has 0 rings (SSSR count). The molecule has 0 fully saturated rings. The third-order valence-electron chi connectivity index (χ3n) is 2.91. The van der Waals surface area contributed by atoms with Gasteiger partial charge in [0.25, 0.3) is 0 Å². The highest BCUT2D eigenvalue weighted by molar-refractivity contribution is 5.81. The fourth-order valence-electron chi connectivity index (χ4n) is 1.63. The van der Waals surface area contributed by atoms with Crippen LogP contribution in [-0.2, 0) is 19.0 Å². The van der Waals surface area contributed by atoms with Crippen molar-refractivity contribution in [1.29, 1.82) is 0 Å². The zero-order valence-electron chi connectivity index (χ0n) is 12.4. The predicted molar refractivity (Wildman–Crippen MR) is 76.1 cm³/mol. The Morgan fingerprint density at radius 3 is 2.47 bits per heavy atom. The van der Waals surface area contributed by atoms with Crippen molar-refractivity contribution in [2.24, 2.45) is 5.92 Å². The summed E-state index contributed by atoms with van der Waals surface area (Å²) in [7, 11) is 0. The Bertz CT molecular complexity index is 228. The first-order valence-electron chi connectivity index (χ1n) is 7.19. The average Bonchev–Trinajstić information content (AvgIpc) is 2.44. The van der Waals surface area contributed by atoms with E-state index in [0.29, 0.717) is 25.7 Å². The van der Waals surface area contributed by atoms with Crippen LogP contribution in [0, 0.1) is 5.92 Å². The second-order valence-corrected chi connectivity index (χ2v) is 4.48. The van der Waals surface area contributed by atoms with Gasteiger partial charge in [-0.2, -0.15) is 0 Å². The molecule has 0 amide bonds. The van der Waals surface area contributed by atoms with E-state index < -0.39 is 5.97 Å². The second-order valence-electron chi connectivity index (χ2n) is 4.48. The van der Waals surface area contributed by atoms with Crippen molar-refractivity contribution < 1.29 is 19.0 Å². The summed E-state index contributed by atoms with van der Waals surface area (Å²) in [5, 5.41) is 0. The van der Waals surface area contributed by atoms with Gasteiger partial charge < -0.3 is 14.2 Å². The molecule has 0 bridgehead atoms. The van der Waals surface area contributed by atoms with Gasteiger partial charge in [-0.25, -0.2) is 4.79 Å². The summed E-state index contributed by atoms with van der Waals surface area (Å²) >= 11 is 0. The number of hydrogen-bond acceptors (Lipinski definition) is 4. The van der Waals surface area contributed by atoms with E-state index in [-0.39, 0.29) is 6.61 Å². The molecule has 0 aromatic heterocycles. The van der Waals surface area contributed by atoms with Crippen LogP contribution in [0.3, 0.4) is 0 Å². The predicted octanol–water partition coefficient (Wildman–Crippen LogP) is 2.97. The molecule has 0 heterocycles. The van der Waals surface area contributed by atoms with Crippen molar-refractivity contribution in [1.82, 2.24) is 0 Å². The van der Waals surface area contributed by atoms with Gasteiger partial charge in [0.1, 0.15) is 6.61 Å². The van der Waals surface area contributed by atoms with E-state index in [0.717, 1.165) is 12.7 Å². The average molecular weight is 272 g/mol. The molecule has 0 aliphatic carbocycles. The third-order valence-corrected chi connectivity index (χ3v) is 2.91. The number of carbonyl (C=O) groups excluding carboxylic acids is 1. The first-order valence-corrected chi connectivity index (χ1v) is 7.19. The van der Waals surface area contributed by atoms with Gasteiger partial charge in [0, 0.05) is 12.7 Å². The lowest BCUT2D eigenvalue weighted by atomic mass is 10.0. The van der Waals surface area contributed by atoms with Gasteiger partial charge in [-0.1, -0.05) is 39.7 Å². The molecule has 112 valence electrons. The van der Waals surface area contributed by atoms with Gasteiger partial charge in [0.15, 0.2) is 0 Å². The summed E-state index contributed by atoms with van der Waals surface area (Å²) in [5.74, 6) is 0.245. The van der Waals surface area contributed by atoms with Gasteiger partial charge in [-0.15, -0.1) is 0 Å². The molecule has 0 saturated heterocycles. The third kappa shape index (κ3) is 11.9. The van der Waals surface area contributed by atoms with Crippen molar-refractivity contribution in [3.8, 4) is 0 Å². The van der Waals surface area contributed by atoms with Crippen LogP contribution in [0.1, 0.15) is 39.5 Å². The first kappa shape index (κ1) is 18.1. The highest BCUT2D eigenvalue weighted by Crippen LogP contribution is 2.12. The number of rotatable bonds is 13. The Morgan fingerprint density at radius 2 is 1.84 bits per heavy atom. The lowest BCUT2D eigenvalue weighted by molar-refractivity contribution is -0.139. The van der Waals surface area contributed by atoms with E-state index >= 15 is 0 Å². The maximum atomic E-state index is 10.7. The smallest absolute Gasteiger partial charge is 0.330 e. The van der Waals surface area contributed by atoms with E-state index in [9.17, 15) is 4.79 Å². The maximum Gasteiger partial charge on any atom is 0.330 e. The van der Waals surface area contributed by atoms with Crippen molar-refractivity contribution in [3.05, 3.63) is 12.7 Å². The van der Waals surface area contributed by atoms with Crippen LogP contribution in [0.2, 0.25) is 0 Å². The molecule has 0 radical (unpaired) electrons. The normalized spacial score (nSPS) is 12.1. The molecule has 1 atom stereocenters. The summed E-state index contributed by atoms with van der Waals surface area (Å²) in [6.07, 6.45) is 6.06. The first-order chi connectivity index (χ1) is 9.24. The van der Waals surface area contributed by atoms with Gasteiger partial charge >= 0.3 is 5.97 Å². The zero-order valence-corrected chi connectivity index (χ0v) is 12.4.